The minimum Gasteiger partial charge on any atom is -0.373 e. The number of hydrogen-bond donors (Lipinski definition) is 1. The van der Waals surface area contributed by atoms with Crippen LogP contribution >= 0.6 is 0 Å². The van der Waals surface area contributed by atoms with Gasteiger partial charge in [-0.3, -0.25) is 0 Å². The van der Waals surface area contributed by atoms with Crippen LogP contribution in [0.5, 0.6) is 0 Å². The van der Waals surface area contributed by atoms with Gasteiger partial charge in [0.1, 0.15) is 0 Å². The van der Waals surface area contributed by atoms with Crippen LogP contribution < -0.4 is 5.73 Å². The maximum atomic E-state index is 5.01. The lowest BCUT2D eigenvalue weighted by atomic mass is 10.2. The SMILES string of the molecule is C=CCN.CCCCC1CO1. The average molecular weight is 157 g/mol. The molecule has 0 bridgehead atoms. The van der Waals surface area contributed by atoms with Crippen LogP contribution in [0.1, 0.15) is 26.2 Å². The zero-order valence-electron chi connectivity index (χ0n) is 7.38. The average Bonchev–Trinajstić information content (AvgIpc) is 2.85. The molecule has 11 heavy (non-hydrogen) atoms. The maximum absolute atomic E-state index is 5.01. The van der Waals surface area contributed by atoms with Gasteiger partial charge in [0, 0.05) is 6.54 Å². The zero-order chi connectivity index (χ0) is 8.53. The lowest BCUT2D eigenvalue weighted by Gasteiger charge is -1.86. The van der Waals surface area contributed by atoms with Gasteiger partial charge in [-0.05, 0) is 6.42 Å². The normalized spacial score (nSPS) is 20.0. The summed E-state index contributed by atoms with van der Waals surface area (Å²) in [6.45, 7) is 7.18. The first-order chi connectivity index (χ1) is 5.35. The van der Waals surface area contributed by atoms with E-state index >= 15 is 0 Å². The third kappa shape index (κ3) is 9.66. The van der Waals surface area contributed by atoms with Crippen molar-refractivity contribution in [2.45, 2.75) is 32.3 Å². The molecule has 1 saturated heterocycles. The molecule has 1 heterocycles. The van der Waals surface area contributed by atoms with Crippen molar-refractivity contribution in [3.8, 4) is 0 Å². The van der Waals surface area contributed by atoms with Crippen molar-refractivity contribution in [1.29, 1.82) is 0 Å². The molecule has 0 aromatic rings. The molecule has 0 radical (unpaired) electrons. The fourth-order valence-corrected chi connectivity index (χ4v) is 0.667. The number of epoxide rings is 1. The highest BCUT2D eigenvalue weighted by Crippen LogP contribution is 2.15. The van der Waals surface area contributed by atoms with Crippen molar-refractivity contribution in [3.05, 3.63) is 12.7 Å². The number of nitrogens with two attached hydrogens (primary N) is 1. The van der Waals surface area contributed by atoms with Gasteiger partial charge in [-0.2, -0.15) is 0 Å². The lowest BCUT2D eigenvalue weighted by molar-refractivity contribution is 0.391. The molecule has 66 valence electrons. The molecular formula is C9H19NO. The topological polar surface area (TPSA) is 38.5 Å². The van der Waals surface area contributed by atoms with Crippen LogP contribution in [0, 0.1) is 0 Å². The highest BCUT2D eigenvalue weighted by molar-refractivity contribution is 4.67. The van der Waals surface area contributed by atoms with E-state index in [-0.39, 0.29) is 0 Å². The Morgan fingerprint density at radius 1 is 1.73 bits per heavy atom. The summed E-state index contributed by atoms with van der Waals surface area (Å²) in [5.41, 5.74) is 4.91. The summed E-state index contributed by atoms with van der Waals surface area (Å²) >= 11 is 0. The molecule has 2 heteroatoms. The summed E-state index contributed by atoms with van der Waals surface area (Å²) in [5.74, 6) is 0. The van der Waals surface area contributed by atoms with E-state index in [2.05, 4.69) is 13.5 Å². The molecule has 1 atom stereocenters. The molecular weight excluding hydrogens is 138 g/mol. The first-order valence-corrected chi connectivity index (χ1v) is 4.27. The van der Waals surface area contributed by atoms with Crippen molar-refractivity contribution in [2.75, 3.05) is 13.2 Å². The summed E-state index contributed by atoms with van der Waals surface area (Å²) in [6, 6.07) is 0. The van der Waals surface area contributed by atoms with E-state index in [9.17, 15) is 0 Å². The van der Waals surface area contributed by atoms with Crippen LogP contribution in [0.4, 0.5) is 0 Å². The maximum Gasteiger partial charge on any atom is 0.0810 e. The van der Waals surface area contributed by atoms with Crippen LogP contribution in [-0.4, -0.2) is 19.3 Å². The highest BCUT2D eigenvalue weighted by atomic mass is 16.6. The van der Waals surface area contributed by atoms with Gasteiger partial charge in [-0.1, -0.05) is 25.8 Å². The zero-order valence-corrected chi connectivity index (χ0v) is 7.38. The van der Waals surface area contributed by atoms with Gasteiger partial charge >= 0.3 is 0 Å². The van der Waals surface area contributed by atoms with Crippen molar-refractivity contribution in [2.24, 2.45) is 5.73 Å². The molecule has 2 N–H and O–H groups in total. The molecule has 0 saturated carbocycles. The quantitative estimate of drug-likeness (QED) is 0.498. The first-order valence-electron chi connectivity index (χ1n) is 4.27. The molecule has 0 spiro atoms. The van der Waals surface area contributed by atoms with Gasteiger partial charge in [0.2, 0.25) is 0 Å². The van der Waals surface area contributed by atoms with Gasteiger partial charge < -0.3 is 10.5 Å². The van der Waals surface area contributed by atoms with E-state index in [0.29, 0.717) is 12.6 Å². The molecule has 0 aliphatic carbocycles. The Hall–Kier alpha value is -0.340. The second-order valence-electron chi connectivity index (χ2n) is 2.62. The van der Waals surface area contributed by atoms with E-state index in [1.165, 1.54) is 19.3 Å². The minimum absolute atomic E-state index is 0.583. The van der Waals surface area contributed by atoms with Crippen molar-refractivity contribution >= 4 is 0 Å². The van der Waals surface area contributed by atoms with Gasteiger partial charge in [-0.25, -0.2) is 0 Å². The van der Waals surface area contributed by atoms with Gasteiger partial charge in [0.25, 0.3) is 0 Å². The van der Waals surface area contributed by atoms with Crippen LogP contribution in [0.2, 0.25) is 0 Å². The smallest absolute Gasteiger partial charge is 0.0810 e. The van der Waals surface area contributed by atoms with Crippen molar-refractivity contribution in [1.82, 2.24) is 0 Å². The fraction of sp³-hybridized carbons (Fsp3) is 0.778. The summed E-state index contributed by atoms with van der Waals surface area (Å²) in [7, 11) is 0. The van der Waals surface area contributed by atoms with E-state index < -0.39 is 0 Å². The number of ether oxygens (including phenoxy) is 1. The third-order valence-electron chi connectivity index (χ3n) is 1.45. The Morgan fingerprint density at radius 2 is 2.27 bits per heavy atom. The van der Waals surface area contributed by atoms with Crippen LogP contribution in [0.15, 0.2) is 12.7 Å². The number of unbranched alkanes of at least 4 members (excludes halogenated alkanes) is 1. The molecule has 1 rings (SSSR count). The second kappa shape index (κ2) is 7.76. The molecule has 0 amide bonds. The molecule has 1 fully saturated rings. The number of hydrogen-bond acceptors (Lipinski definition) is 2. The molecule has 2 nitrogen and oxygen atoms in total. The predicted molar refractivity (Wildman–Crippen MR) is 48.5 cm³/mol. The molecule has 1 unspecified atom stereocenters. The Kier molecular flexibility index (Phi) is 7.52. The van der Waals surface area contributed by atoms with E-state index in [1.54, 1.807) is 6.08 Å². The van der Waals surface area contributed by atoms with Crippen molar-refractivity contribution < 1.29 is 4.74 Å². The summed E-state index contributed by atoms with van der Waals surface area (Å²) < 4.78 is 5.01. The highest BCUT2D eigenvalue weighted by Gasteiger charge is 2.20. The molecule has 1 aliphatic heterocycles. The van der Waals surface area contributed by atoms with E-state index in [1.807, 2.05) is 0 Å². The summed E-state index contributed by atoms with van der Waals surface area (Å²) in [4.78, 5) is 0. The Morgan fingerprint density at radius 3 is 2.55 bits per heavy atom. The van der Waals surface area contributed by atoms with Crippen molar-refractivity contribution in [3.63, 3.8) is 0 Å². The Bertz CT molecular complexity index is 89.6. The van der Waals surface area contributed by atoms with E-state index in [4.69, 9.17) is 10.5 Å². The summed E-state index contributed by atoms with van der Waals surface area (Å²) in [5, 5.41) is 0. The largest absolute Gasteiger partial charge is 0.373 e. The Balaban J connectivity index is 0.000000218. The monoisotopic (exact) mass is 157 g/mol. The van der Waals surface area contributed by atoms with Crippen LogP contribution in [0.3, 0.4) is 0 Å². The first kappa shape index (κ1) is 10.7. The summed E-state index contributed by atoms with van der Waals surface area (Å²) in [6.07, 6.45) is 6.24. The molecule has 0 aromatic carbocycles. The fourth-order valence-electron chi connectivity index (χ4n) is 0.667. The Labute approximate surface area is 69.4 Å². The third-order valence-corrected chi connectivity index (χ3v) is 1.45. The molecule has 0 aromatic heterocycles. The van der Waals surface area contributed by atoms with E-state index in [0.717, 1.165) is 6.61 Å². The standard InChI is InChI=1S/C6H12O.C3H7N/c1-2-3-4-6-5-7-6;1-2-3-4/h6H,2-5H2,1H3;2H,1,3-4H2. The minimum atomic E-state index is 0.583. The van der Waals surface area contributed by atoms with Gasteiger partial charge in [0.15, 0.2) is 0 Å². The van der Waals surface area contributed by atoms with Gasteiger partial charge in [0.05, 0.1) is 12.7 Å². The lowest BCUT2D eigenvalue weighted by Crippen LogP contribution is -1.90. The molecule has 1 aliphatic rings. The predicted octanol–water partition coefficient (Wildman–Crippen LogP) is 1.71. The number of rotatable bonds is 4. The van der Waals surface area contributed by atoms with Crippen LogP contribution in [-0.2, 0) is 4.74 Å². The second-order valence-corrected chi connectivity index (χ2v) is 2.62. The van der Waals surface area contributed by atoms with Gasteiger partial charge in [-0.15, -0.1) is 6.58 Å². The van der Waals surface area contributed by atoms with Crippen LogP contribution in [0.25, 0.3) is 0 Å².